The summed E-state index contributed by atoms with van der Waals surface area (Å²) < 4.78 is 5.53. The number of morpholine rings is 1. The molecule has 5 heteroatoms. The van der Waals surface area contributed by atoms with Gasteiger partial charge in [0.15, 0.2) is 0 Å². The average molecular weight is 384 g/mol. The molecule has 4 aliphatic rings. The Morgan fingerprint density at radius 3 is 2.71 bits per heavy atom. The molecule has 152 valence electrons. The van der Waals surface area contributed by atoms with Gasteiger partial charge in [-0.05, 0) is 49.5 Å². The molecule has 1 amide bonds. The summed E-state index contributed by atoms with van der Waals surface area (Å²) >= 11 is 0. The second kappa shape index (κ2) is 8.13. The summed E-state index contributed by atoms with van der Waals surface area (Å²) in [5.74, 6) is 1.82. The normalized spacial score (nSPS) is 37.0. The van der Waals surface area contributed by atoms with Gasteiger partial charge in [-0.2, -0.15) is 0 Å². The molecular weight excluding hydrogens is 350 g/mol. The van der Waals surface area contributed by atoms with Gasteiger partial charge in [0, 0.05) is 38.1 Å². The van der Waals surface area contributed by atoms with Gasteiger partial charge < -0.3 is 10.1 Å². The van der Waals surface area contributed by atoms with E-state index in [9.17, 15) is 4.79 Å². The van der Waals surface area contributed by atoms with Crippen molar-refractivity contribution in [2.24, 2.45) is 11.8 Å². The van der Waals surface area contributed by atoms with Gasteiger partial charge in [-0.15, -0.1) is 0 Å². The number of hydrogen-bond donors (Lipinski definition) is 1. The fraction of sp³-hybridized carbons (Fsp3) is 0.696. The zero-order valence-corrected chi connectivity index (χ0v) is 16.8. The number of hydrogen-bond acceptors (Lipinski definition) is 4. The van der Waals surface area contributed by atoms with Crippen molar-refractivity contribution in [2.45, 2.75) is 56.8 Å². The molecule has 1 aromatic carbocycles. The number of benzene rings is 1. The molecular formula is C23H33N3O2. The van der Waals surface area contributed by atoms with Gasteiger partial charge >= 0.3 is 0 Å². The summed E-state index contributed by atoms with van der Waals surface area (Å²) in [4.78, 5) is 17.8. The van der Waals surface area contributed by atoms with E-state index in [4.69, 9.17) is 4.74 Å². The molecule has 2 bridgehead atoms. The molecule has 5 nitrogen and oxygen atoms in total. The van der Waals surface area contributed by atoms with E-state index in [0.29, 0.717) is 18.5 Å². The number of likely N-dealkylation sites (tertiary alicyclic amines) is 1. The van der Waals surface area contributed by atoms with Crippen molar-refractivity contribution in [2.75, 3.05) is 32.8 Å². The van der Waals surface area contributed by atoms with E-state index in [2.05, 4.69) is 45.4 Å². The molecule has 4 fully saturated rings. The quantitative estimate of drug-likeness (QED) is 0.866. The Hall–Kier alpha value is -1.43. The van der Waals surface area contributed by atoms with Crippen LogP contribution in [0.4, 0.5) is 0 Å². The topological polar surface area (TPSA) is 44.8 Å². The molecule has 28 heavy (non-hydrogen) atoms. The van der Waals surface area contributed by atoms with Crippen molar-refractivity contribution in [3.8, 4) is 0 Å². The number of ether oxygens (including phenoxy) is 1. The smallest absolute Gasteiger partial charge is 0.222 e. The molecule has 0 spiro atoms. The summed E-state index contributed by atoms with van der Waals surface area (Å²) in [6.07, 6.45) is 7.07. The Balaban J connectivity index is 1.35. The monoisotopic (exact) mass is 383 g/mol. The van der Waals surface area contributed by atoms with Crippen LogP contribution < -0.4 is 5.32 Å². The highest BCUT2D eigenvalue weighted by Gasteiger charge is 2.45. The maximum atomic E-state index is 12.6. The minimum absolute atomic E-state index is 0.186. The Morgan fingerprint density at radius 2 is 1.89 bits per heavy atom. The van der Waals surface area contributed by atoms with Gasteiger partial charge in [-0.1, -0.05) is 30.3 Å². The zero-order chi connectivity index (χ0) is 18.9. The fourth-order valence-electron chi connectivity index (χ4n) is 6.13. The van der Waals surface area contributed by atoms with E-state index in [0.717, 1.165) is 57.5 Å². The van der Waals surface area contributed by atoms with E-state index in [1.54, 1.807) is 0 Å². The van der Waals surface area contributed by atoms with Crippen molar-refractivity contribution in [1.29, 1.82) is 0 Å². The largest absolute Gasteiger partial charge is 0.379 e. The van der Waals surface area contributed by atoms with Crippen LogP contribution >= 0.6 is 0 Å². The first-order chi connectivity index (χ1) is 13.8. The Morgan fingerprint density at radius 1 is 1.07 bits per heavy atom. The van der Waals surface area contributed by atoms with Crippen LogP contribution in [0.2, 0.25) is 0 Å². The van der Waals surface area contributed by atoms with Gasteiger partial charge in [0.25, 0.3) is 0 Å². The molecule has 2 unspecified atom stereocenters. The lowest BCUT2D eigenvalue weighted by atomic mass is 9.85. The molecule has 0 aromatic heterocycles. The van der Waals surface area contributed by atoms with Crippen LogP contribution in [0, 0.1) is 11.8 Å². The van der Waals surface area contributed by atoms with Crippen molar-refractivity contribution >= 4 is 5.91 Å². The summed E-state index contributed by atoms with van der Waals surface area (Å²) in [5.41, 5.74) is 1.43. The van der Waals surface area contributed by atoms with Crippen LogP contribution in [-0.2, 0) is 16.0 Å². The molecule has 1 aliphatic carbocycles. The second-order valence-electron chi connectivity index (χ2n) is 9.22. The highest BCUT2D eigenvalue weighted by molar-refractivity contribution is 5.77. The number of piperidine rings is 2. The summed E-state index contributed by atoms with van der Waals surface area (Å²) in [5, 5.41) is 3.37. The fourth-order valence-corrected chi connectivity index (χ4v) is 6.13. The van der Waals surface area contributed by atoms with E-state index < -0.39 is 0 Å². The number of carbonyl (C=O) groups is 1. The van der Waals surface area contributed by atoms with Crippen LogP contribution in [0.3, 0.4) is 0 Å². The maximum Gasteiger partial charge on any atom is 0.222 e. The van der Waals surface area contributed by atoms with E-state index in [1.807, 2.05) is 0 Å². The zero-order valence-electron chi connectivity index (χ0n) is 16.8. The number of carbonyl (C=O) groups excluding carboxylic acids is 1. The standard InChI is InChI=1S/C23H33N3O2/c27-23-15-20(25-8-10-28-11-9-25)14-22(24-23)26-16-18-6-7-19(12-18)21(26)13-17-4-2-1-3-5-17/h1-5,18-22H,6-16H2,(H,24,27)/t18-,19+,20?,21-,22?/m0/s1. The minimum atomic E-state index is 0.186. The third-order valence-corrected chi connectivity index (χ3v) is 7.51. The third kappa shape index (κ3) is 3.85. The maximum absolute atomic E-state index is 12.6. The molecule has 3 heterocycles. The van der Waals surface area contributed by atoms with Gasteiger partial charge in [0.1, 0.15) is 0 Å². The van der Waals surface area contributed by atoms with E-state index >= 15 is 0 Å². The Labute approximate surface area is 168 Å². The summed E-state index contributed by atoms with van der Waals surface area (Å²) in [6, 6.07) is 11.8. The molecule has 3 saturated heterocycles. The van der Waals surface area contributed by atoms with Crippen LogP contribution in [0.15, 0.2) is 30.3 Å². The predicted octanol–water partition coefficient (Wildman–Crippen LogP) is 2.27. The number of rotatable bonds is 4. The summed E-state index contributed by atoms with van der Waals surface area (Å²) in [7, 11) is 0. The lowest BCUT2D eigenvalue weighted by molar-refractivity contribution is -0.130. The number of fused-ring (bicyclic) bond motifs is 2. The third-order valence-electron chi connectivity index (χ3n) is 7.51. The predicted molar refractivity (Wildman–Crippen MR) is 109 cm³/mol. The lowest BCUT2D eigenvalue weighted by Gasteiger charge is -2.48. The lowest BCUT2D eigenvalue weighted by Crippen LogP contribution is -2.63. The SMILES string of the molecule is O=C1CC(N2CCOCC2)CC(N2C[C@H]3CC[C@H](C3)[C@@H]2Cc2ccccc2)N1. The van der Waals surface area contributed by atoms with Crippen LogP contribution in [-0.4, -0.2) is 66.8 Å². The van der Waals surface area contributed by atoms with E-state index in [1.165, 1.54) is 24.8 Å². The van der Waals surface area contributed by atoms with Crippen molar-refractivity contribution in [3.05, 3.63) is 35.9 Å². The highest BCUT2D eigenvalue weighted by atomic mass is 16.5. The molecule has 1 N–H and O–H groups in total. The molecule has 5 rings (SSSR count). The summed E-state index contributed by atoms with van der Waals surface area (Å²) in [6.45, 7) is 4.67. The number of nitrogens with one attached hydrogen (secondary N) is 1. The first kappa shape index (κ1) is 18.6. The molecule has 1 saturated carbocycles. The van der Waals surface area contributed by atoms with Gasteiger partial charge in [-0.3, -0.25) is 14.6 Å². The van der Waals surface area contributed by atoms with Gasteiger partial charge in [0.2, 0.25) is 5.91 Å². The van der Waals surface area contributed by atoms with Gasteiger partial charge in [0.05, 0.1) is 19.4 Å². The van der Waals surface area contributed by atoms with Crippen LogP contribution in [0.1, 0.15) is 37.7 Å². The Bertz CT molecular complexity index is 676. The van der Waals surface area contributed by atoms with Gasteiger partial charge in [-0.25, -0.2) is 0 Å². The number of amides is 1. The van der Waals surface area contributed by atoms with E-state index in [-0.39, 0.29) is 12.1 Å². The first-order valence-corrected chi connectivity index (χ1v) is 11.2. The Kier molecular flexibility index (Phi) is 5.40. The average Bonchev–Trinajstić information content (AvgIpc) is 3.13. The highest BCUT2D eigenvalue weighted by Crippen LogP contribution is 2.43. The second-order valence-corrected chi connectivity index (χ2v) is 9.22. The van der Waals surface area contributed by atoms with Crippen LogP contribution in [0.5, 0.6) is 0 Å². The van der Waals surface area contributed by atoms with Crippen molar-refractivity contribution in [3.63, 3.8) is 0 Å². The number of nitrogens with zero attached hydrogens (tertiary/aromatic N) is 2. The van der Waals surface area contributed by atoms with Crippen molar-refractivity contribution < 1.29 is 9.53 Å². The first-order valence-electron chi connectivity index (χ1n) is 11.2. The molecule has 0 radical (unpaired) electrons. The molecule has 5 atom stereocenters. The van der Waals surface area contributed by atoms with Crippen molar-refractivity contribution in [1.82, 2.24) is 15.1 Å². The molecule has 1 aromatic rings. The molecule has 3 aliphatic heterocycles. The van der Waals surface area contributed by atoms with Crippen LogP contribution in [0.25, 0.3) is 0 Å². The minimum Gasteiger partial charge on any atom is -0.379 e.